The van der Waals surface area contributed by atoms with Crippen LogP contribution in [0, 0.1) is 13.8 Å². The lowest BCUT2D eigenvalue weighted by Crippen LogP contribution is -2.50. The van der Waals surface area contributed by atoms with Gasteiger partial charge >= 0.3 is 0 Å². The number of hydrogen-bond acceptors (Lipinski definition) is 5. The van der Waals surface area contributed by atoms with E-state index in [2.05, 4.69) is 21.3 Å². The fourth-order valence-corrected chi connectivity index (χ4v) is 3.65. The SMILES string of the molecule is COC[C@@H](C)NC(=S)NNC(=O)CSc1c(C)nn(-c2ccccc2)c1C. The number of amides is 1. The molecule has 2 rings (SSSR count). The fraction of sp³-hybridized carbons (Fsp3) is 0.389. The molecule has 0 aliphatic carbocycles. The van der Waals surface area contributed by atoms with E-state index in [1.807, 2.05) is 55.8 Å². The molecule has 2 aromatic rings. The van der Waals surface area contributed by atoms with Crippen molar-refractivity contribution in [3.63, 3.8) is 0 Å². The first-order chi connectivity index (χ1) is 12.9. The minimum absolute atomic E-state index is 0.0513. The average Bonchev–Trinajstić information content (AvgIpc) is 2.93. The minimum Gasteiger partial charge on any atom is -0.383 e. The molecule has 27 heavy (non-hydrogen) atoms. The van der Waals surface area contributed by atoms with E-state index in [0.717, 1.165) is 22.0 Å². The molecule has 9 heteroatoms. The number of benzene rings is 1. The fourth-order valence-electron chi connectivity index (χ4n) is 2.51. The molecule has 146 valence electrons. The van der Waals surface area contributed by atoms with E-state index in [-0.39, 0.29) is 17.7 Å². The van der Waals surface area contributed by atoms with E-state index in [1.165, 1.54) is 11.8 Å². The number of hydrazine groups is 1. The third-order valence-corrected chi connectivity index (χ3v) is 5.19. The highest BCUT2D eigenvalue weighted by molar-refractivity contribution is 8.00. The number of nitrogens with zero attached hydrogens (tertiary/aromatic N) is 2. The van der Waals surface area contributed by atoms with Crippen LogP contribution in [0.25, 0.3) is 5.69 Å². The van der Waals surface area contributed by atoms with E-state index in [4.69, 9.17) is 17.0 Å². The molecule has 1 aromatic heterocycles. The number of nitrogens with one attached hydrogen (secondary N) is 3. The summed E-state index contributed by atoms with van der Waals surface area (Å²) in [5, 5.41) is 7.95. The molecule has 0 spiro atoms. The average molecular weight is 408 g/mol. The first-order valence-corrected chi connectivity index (χ1v) is 9.90. The number of aromatic nitrogens is 2. The quantitative estimate of drug-likeness (QED) is 0.368. The van der Waals surface area contributed by atoms with Crippen LogP contribution in [0.3, 0.4) is 0 Å². The summed E-state index contributed by atoms with van der Waals surface area (Å²) in [5.74, 6) is 0.0839. The lowest BCUT2D eigenvalue weighted by atomic mass is 10.3. The van der Waals surface area contributed by atoms with Crippen LogP contribution in [-0.4, -0.2) is 46.3 Å². The first kappa shape index (κ1) is 21.2. The van der Waals surface area contributed by atoms with Crippen molar-refractivity contribution in [1.29, 1.82) is 0 Å². The lowest BCUT2D eigenvalue weighted by Gasteiger charge is -2.16. The number of hydrogen-bond donors (Lipinski definition) is 3. The highest BCUT2D eigenvalue weighted by Crippen LogP contribution is 2.27. The molecule has 0 fully saturated rings. The van der Waals surface area contributed by atoms with Gasteiger partial charge in [0, 0.05) is 13.2 Å². The van der Waals surface area contributed by atoms with Crippen molar-refractivity contribution in [2.75, 3.05) is 19.5 Å². The third-order valence-electron chi connectivity index (χ3n) is 3.68. The van der Waals surface area contributed by atoms with Gasteiger partial charge in [-0.2, -0.15) is 5.10 Å². The molecule has 0 saturated heterocycles. The van der Waals surface area contributed by atoms with Crippen LogP contribution >= 0.6 is 24.0 Å². The molecular formula is C18H25N5O2S2. The van der Waals surface area contributed by atoms with Crippen molar-refractivity contribution >= 4 is 35.0 Å². The van der Waals surface area contributed by atoms with Gasteiger partial charge in [0.15, 0.2) is 5.11 Å². The second-order valence-electron chi connectivity index (χ2n) is 6.04. The van der Waals surface area contributed by atoms with Gasteiger partial charge in [0.25, 0.3) is 0 Å². The summed E-state index contributed by atoms with van der Waals surface area (Å²) in [7, 11) is 1.62. The molecule has 7 nitrogen and oxygen atoms in total. The Morgan fingerprint density at radius 2 is 2.00 bits per heavy atom. The normalized spacial score (nSPS) is 11.7. The summed E-state index contributed by atoms with van der Waals surface area (Å²) in [5.41, 5.74) is 8.20. The van der Waals surface area contributed by atoms with Crippen molar-refractivity contribution in [1.82, 2.24) is 25.9 Å². The second kappa shape index (κ2) is 10.3. The number of methoxy groups -OCH3 is 1. The van der Waals surface area contributed by atoms with E-state index >= 15 is 0 Å². The van der Waals surface area contributed by atoms with Gasteiger partial charge in [-0.15, -0.1) is 11.8 Å². The first-order valence-electron chi connectivity index (χ1n) is 8.51. The number of ether oxygens (including phenoxy) is 1. The van der Waals surface area contributed by atoms with Gasteiger partial charge in [0.2, 0.25) is 5.91 Å². The summed E-state index contributed by atoms with van der Waals surface area (Å²) in [6.07, 6.45) is 0. The Labute approximate surface area is 169 Å². The molecule has 1 amide bonds. The number of thiocarbonyl (C=S) groups is 1. The van der Waals surface area contributed by atoms with Crippen LogP contribution in [0.15, 0.2) is 35.2 Å². The van der Waals surface area contributed by atoms with Crippen molar-refractivity contribution in [3.05, 3.63) is 41.7 Å². The maximum Gasteiger partial charge on any atom is 0.248 e. The summed E-state index contributed by atoms with van der Waals surface area (Å²) >= 11 is 6.58. The molecular weight excluding hydrogens is 382 g/mol. The Kier molecular flexibility index (Phi) is 8.08. The van der Waals surface area contributed by atoms with Gasteiger partial charge in [-0.1, -0.05) is 18.2 Å². The summed E-state index contributed by atoms with van der Waals surface area (Å²) < 4.78 is 6.92. The van der Waals surface area contributed by atoms with Gasteiger partial charge in [-0.25, -0.2) is 4.68 Å². The predicted molar refractivity (Wildman–Crippen MR) is 112 cm³/mol. The zero-order valence-corrected chi connectivity index (χ0v) is 17.5. The van der Waals surface area contributed by atoms with Gasteiger partial charge in [0.05, 0.1) is 34.3 Å². The Morgan fingerprint density at radius 1 is 1.30 bits per heavy atom. The number of para-hydroxylation sites is 1. The zero-order valence-electron chi connectivity index (χ0n) is 15.9. The van der Waals surface area contributed by atoms with Crippen LogP contribution in [0.5, 0.6) is 0 Å². The lowest BCUT2D eigenvalue weighted by molar-refractivity contribution is -0.119. The molecule has 3 N–H and O–H groups in total. The number of aryl methyl sites for hydroxylation is 1. The largest absolute Gasteiger partial charge is 0.383 e. The maximum absolute atomic E-state index is 12.1. The molecule has 0 radical (unpaired) electrons. The van der Waals surface area contributed by atoms with Crippen molar-refractivity contribution < 1.29 is 9.53 Å². The van der Waals surface area contributed by atoms with Gasteiger partial charge in [-0.05, 0) is 45.1 Å². The van der Waals surface area contributed by atoms with Crippen LogP contribution in [0.1, 0.15) is 18.3 Å². The van der Waals surface area contributed by atoms with Crippen LogP contribution in [0.4, 0.5) is 0 Å². The predicted octanol–water partition coefficient (Wildman–Crippen LogP) is 2.11. The van der Waals surface area contributed by atoms with E-state index in [9.17, 15) is 4.79 Å². The van der Waals surface area contributed by atoms with Crippen LogP contribution < -0.4 is 16.2 Å². The monoisotopic (exact) mass is 407 g/mol. The summed E-state index contributed by atoms with van der Waals surface area (Å²) in [4.78, 5) is 13.1. The molecule has 1 heterocycles. The number of rotatable bonds is 7. The highest BCUT2D eigenvalue weighted by Gasteiger charge is 2.15. The summed E-state index contributed by atoms with van der Waals surface area (Å²) in [6.45, 7) is 6.41. The highest BCUT2D eigenvalue weighted by atomic mass is 32.2. The van der Waals surface area contributed by atoms with E-state index < -0.39 is 0 Å². The van der Waals surface area contributed by atoms with Gasteiger partial charge in [-0.3, -0.25) is 15.6 Å². The third kappa shape index (κ3) is 6.23. The molecule has 0 aliphatic heterocycles. The molecule has 1 atom stereocenters. The van der Waals surface area contributed by atoms with Gasteiger partial charge < -0.3 is 10.1 Å². The zero-order chi connectivity index (χ0) is 19.8. The number of carbonyl (C=O) groups is 1. The molecule has 0 saturated carbocycles. The van der Waals surface area contributed by atoms with E-state index in [0.29, 0.717) is 11.7 Å². The van der Waals surface area contributed by atoms with Crippen molar-refractivity contribution in [2.24, 2.45) is 0 Å². The van der Waals surface area contributed by atoms with Crippen LogP contribution in [0.2, 0.25) is 0 Å². The topological polar surface area (TPSA) is 80.2 Å². The maximum atomic E-state index is 12.1. The standard InChI is InChI=1S/C18H25N5O2S2/c1-12(10-25-4)19-18(26)21-20-16(24)11-27-17-13(2)22-23(14(17)3)15-8-6-5-7-9-15/h5-9,12H,10-11H2,1-4H3,(H,20,24)(H2,19,21,26)/t12-/m1/s1. The Hall–Kier alpha value is -2.10. The smallest absolute Gasteiger partial charge is 0.248 e. The minimum atomic E-state index is -0.171. The Morgan fingerprint density at radius 3 is 2.67 bits per heavy atom. The molecule has 0 aliphatic rings. The summed E-state index contributed by atoms with van der Waals surface area (Å²) in [6, 6.07) is 9.98. The molecule has 0 unspecified atom stereocenters. The van der Waals surface area contributed by atoms with Crippen LogP contribution in [-0.2, 0) is 9.53 Å². The second-order valence-corrected chi connectivity index (χ2v) is 7.43. The van der Waals surface area contributed by atoms with Gasteiger partial charge in [0.1, 0.15) is 0 Å². The number of carbonyl (C=O) groups excluding carboxylic acids is 1. The molecule has 0 bridgehead atoms. The van der Waals surface area contributed by atoms with E-state index in [1.54, 1.807) is 7.11 Å². The number of thioether (sulfide) groups is 1. The van der Waals surface area contributed by atoms with Crippen molar-refractivity contribution in [3.8, 4) is 5.69 Å². The van der Waals surface area contributed by atoms with Crippen molar-refractivity contribution in [2.45, 2.75) is 31.7 Å². The Bertz CT molecular complexity index is 780. The Balaban J connectivity index is 1.87. The molecule has 1 aromatic carbocycles.